The van der Waals surface area contributed by atoms with Crippen molar-refractivity contribution in [2.24, 2.45) is 0 Å². The first-order chi connectivity index (χ1) is 12.4. The molecule has 2 aromatic carbocycles. The summed E-state index contributed by atoms with van der Waals surface area (Å²) in [6.07, 6.45) is 4.81. The minimum Gasteiger partial charge on any atom is -0.418 e. The molecule has 1 heterocycles. The minimum atomic E-state index is -6.00. The highest BCUT2D eigenvalue weighted by molar-refractivity contribution is 8.05. The van der Waals surface area contributed by atoms with Gasteiger partial charge in [-0.3, -0.25) is 0 Å². The summed E-state index contributed by atoms with van der Waals surface area (Å²) in [5.74, 6) is 0. The average molecular weight is 397 g/mol. The van der Waals surface area contributed by atoms with E-state index in [1.54, 1.807) is 0 Å². The molecule has 3 rings (SSSR count). The number of hydrogen-bond donors (Lipinski definition) is 0. The molecule has 0 amide bonds. The van der Waals surface area contributed by atoms with Gasteiger partial charge in [0.05, 0.1) is 26.8 Å². The van der Waals surface area contributed by atoms with Crippen LogP contribution in [0, 0.1) is 11.3 Å². The number of benzene rings is 2. The van der Waals surface area contributed by atoms with Gasteiger partial charge in [0.25, 0.3) is 0 Å². The van der Waals surface area contributed by atoms with Gasteiger partial charge >= 0.3 is 7.25 Å². The van der Waals surface area contributed by atoms with E-state index in [1.165, 1.54) is 19.6 Å². The summed E-state index contributed by atoms with van der Waals surface area (Å²) in [6, 6.07) is 19.6. The maximum absolute atomic E-state index is 9.75. The highest BCUT2D eigenvalue weighted by Gasteiger charge is 2.33. The topological polar surface area (TPSA) is 23.8 Å². The van der Waals surface area contributed by atoms with Crippen LogP contribution >= 0.6 is 11.8 Å². The van der Waals surface area contributed by atoms with E-state index in [0.717, 1.165) is 12.8 Å². The number of rotatable bonds is 4. The summed E-state index contributed by atoms with van der Waals surface area (Å²) in [6.45, 7) is 0. The Morgan fingerprint density at radius 3 is 1.96 bits per heavy atom. The van der Waals surface area contributed by atoms with Crippen LogP contribution in [0.3, 0.4) is 0 Å². The molecule has 0 fully saturated rings. The van der Waals surface area contributed by atoms with Crippen molar-refractivity contribution >= 4 is 29.9 Å². The lowest BCUT2D eigenvalue weighted by atomic mass is 10.2. The number of fused-ring (bicyclic) bond motifs is 2. The van der Waals surface area contributed by atoms with Gasteiger partial charge < -0.3 is 17.3 Å². The zero-order valence-corrected chi connectivity index (χ0v) is 15.4. The first-order valence-corrected chi connectivity index (χ1v) is 10.0. The molecule has 1 aliphatic rings. The Labute approximate surface area is 157 Å². The summed E-state index contributed by atoms with van der Waals surface area (Å²) < 4.78 is 39.0. The molecule has 2 aromatic rings. The Hall–Kier alpha value is -1.85. The fraction of sp³-hybridized carbons (Fsp3) is 0.167. The first kappa shape index (κ1) is 20.5. The average Bonchev–Trinajstić information content (AvgIpc) is 2.59. The van der Waals surface area contributed by atoms with Crippen LogP contribution in [0.1, 0.15) is 19.3 Å². The SMILES string of the molecule is F[B-](F)(F)F.N#CCCCC=C[S+]1c2ccccc2Sc2ccccc21. The van der Waals surface area contributed by atoms with Crippen LogP contribution in [0.15, 0.2) is 79.6 Å². The minimum absolute atomic E-state index is 0.0158. The Morgan fingerprint density at radius 2 is 1.46 bits per heavy atom. The van der Waals surface area contributed by atoms with Gasteiger partial charge in [-0.25, -0.2) is 0 Å². The third kappa shape index (κ3) is 6.47. The summed E-state index contributed by atoms with van der Waals surface area (Å²) >= 11 is 1.86. The third-order valence-electron chi connectivity index (χ3n) is 3.28. The molecule has 0 unspecified atom stereocenters. The molecule has 0 saturated heterocycles. The maximum Gasteiger partial charge on any atom is 0.673 e. The van der Waals surface area contributed by atoms with Gasteiger partial charge in [-0.2, -0.15) is 5.26 Å². The lowest BCUT2D eigenvalue weighted by molar-refractivity contribution is 0.368. The van der Waals surface area contributed by atoms with Crippen LogP contribution in [0.25, 0.3) is 0 Å². The van der Waals surface area contributed by atoms with Gasteiger partial charge in [-0.05, 0) is 43.2 Å². The molecular formula is C18H16BF4NS2. The van der Waals surface area contributed by atoms with Crippen LogP contribution in [0.5, 0.6) is 0 Å². The first-order valence-electron chi connectivity index (χ1n) is 7.90. The van der Waals surface area contributed by atoms with E-state index < -0.39 is 7.25 Å². The molecule has 1 aliphatic heterocycles. The molecule has 0 bridgehead atoms. The summed E-state index contributed by atoms with van der Waals surface area (Å²) in [4.78, 5) is 5.55. The van der Waals surface area contributed by atoms with E-state index in [4.69, 9.17) is 5.26 Å². The molecule has 0 N–H and O–H groups in total. The lowest BCUT2D eigenvalue weighted by Gasteiger charge is -2.16. The second-order valence-corrected chi connectivity index (χ2v) is 8.16. The fourth-order valence-electron chi connectivity index (χ4n) is 2.28. The van der Waals surface area contributed by atoms with E-state index in [9.17, 15) is 17.3 Å². The van der Waals surface area contributed by atoms with E-state index >= 15 is 0 Å². The molecule has 0 spiro atoms. The van der Waals surface area contributed by atoms with Gasteiger partial charge in [0, 0.05) is 6.42 Å². The van der Waals surface area contributed by atoms with Crippen molar-refractivity contribution in [1.29, 1.82) is 5.26 Å². The third-order valence-corrected chi connectivity index (χ3v) is 6.82. The van der Waals surface area contributed by atoms with Crippen LogP contribution in [-0.4, -0.2) is 7.25 Å². The van der Waals surface area contributed by atoms with Gasteiger partial charge in [-0.1, -0.05) is 36.0 Å². The molecule has 136 valence electrons. The maximum atomic E-state index is 9.75. The van der Waals surface area contributed by atoms with Gasteiger partial charge in [0.15, 0.2) is 9.79 Å². The normalized spacial score (nSPS) is 13.3. The van der Waals surface area contributed by atoms with Crippen molar-refractivity contribution in [3.05, 3.63) is 60.0 Å². The number of nitrogens with zero attached hydrogens (tertiary/aromatic N) is 1. The molecule has 0 aromatic heterocycles. The van der Waals surface area contributed by atoms with Crippen LogP contribution in [0.4, 0.5) is 17.3 Å². The quantitative estimate of drug-likeness (QED) is 0.248. The monoisotopic (exact) mass is 397 g/mol. The standard InChI is InChI=1S/C18H16NS2.BF4/c19-13-7-1-2-8-14-21-17-11-5-3-9-15(17)20-16-10-4-6-12-18(16)21;2-1(3,4)5/h3-6,8-12,14H,1-2,7H2;/q+1;-1. The molecular weight excluding hydrogens is 381 g/mol. The highest BCUT2D eigenvalue weighted by Crippen LogP contribution is 2.45. The second-order valence-electron chi connectivity index (χ2n) is 5.25. The van der Waals surface area contributed by atoms with Gasteiger partial charge in [-0.15, -0.1) is 0 Å². The van der Waals surface area contributed by atoms with Crippen molar-refractivity contribution in [1.82, 2.24) is 0 Å². The largest absolute Gasteiger partial charge is 0.673 e. The molecule has 1 nitrogen and oxygen atoms in total. The predicted molar refractivity (Wildman–Crippen MR) is 99.7 cm³/mol. The van der Waals surface area contributed by atoms with Crippen molar-refractivity contribution < 1.29 is 17.3 Å². The van der Waals surface area contributed by atoms with Crippen molar-refractivity contribution in [2.45, 2.75) is 38.8 Å². The number of allylic oxidation sites excluding steroid dienone is 1. The molecule has 0 aliphatic carbocycles. The molecule has 0 radical (unpaired) electrons. The molecule has 0 saturated carbocycles. The number of unbranched alkanes of at least 4 members (excludes halogenated alkanes) is 2. The van der Waals surface area contributed by atoms with Crippen LogP contribution < -0.4 is 0 Å². The Kier molecular flexibility index (Phi) is 7.67. The Balaban J connectivity index is 0.000000431. The Morgan fingerprint density at radius 1 is 0.962 bits per heavy atom. The van der Waals surface area contributed by atoms with Gasteiger partial charge in [0.2, 0.25) is 0 Å². The van der Waals surface area contributed by atoms with E-state index in [1.807, 2.05) is 11.8 Å². The summed E-state index contributed by atoms with van der Waals surface area (Å²) in [5.41, 5.74) is 0. The highest BCUT2D eigenvalue weighted by atomic mass is 32.2. The van der Waals surface area contributed by atoms with E-state index in [0.29, 0.717) is 6.42 Å². The van der Waals surface area contributed by atoms with Gasteiger partial charge in [0.1, 0.15) is 5.41 Å². The van der Waals surface area contributed by atoms with E-state index in [-0.39, 0.29) is 10.9 Å². The number of nitriles is 1. The van der Waals surface area contributed by atoms with Crippen molar-refractivity contribution in [3.63, 3.8) is 0 Å². The number of hydrogen-bond acceptors (Lipinski definition) is 2. The summed E-state index contributed by atoms with van der Waals surface area (Å²) in [5, 5.41) is 10.9. The number of halogens is 4. The van der Waals surface area contributed by atoms with E-state index in [2.05, 4.69) is 66.1 Å². The molecule has 0 atom stereocenters. The van der Waals surface area contributed by atoms with Crippen molar-refractivity contribution in [2.75, 3.05) is 0 Å². The predicted octanol–water partition coefficient (Wildman–Crippen LogP) is 6.70. The zero-order valence-electron chi connectivity index (χ0n) is 13.7. The summed E-state index contributed by atoms with van der Waals surface area (Å²) in [7, 11) is -5.98. The second kappa shape index (κ2) is 9.74. The Bertz CT molecular complexity index is 751. The lowest BCUT2D eigenvalue weighted by Crippen LogP contribution is -2.07. The van der Waals surface area contributed by atoms with Crippen molar-refractivity contribution in [3.8, 4) is 6.07 Å². The smallest absolute Gasteiger partial charge is 0.418 e. The zero-order chi connectivity index (χ0) is 19.0. The van der Waals surface area contributed by atoms with Crippen LogP contribution in [-0.2, 0) is 10.9 Å². The molecule has 26 heavy (non-hydrogen) atoms. The molecule has 8 heteroatoms. The van der Waals surface area contributed by atoms with Crippen LogP contribution in [0.2, 0.25) is 0 Å². The fourth-order valence-corrected chi connectivity index (χ4v) is 5.81.